The lowest BCUT2D eigenvalue weighted by Crippen LogP contribution is -2.23. The first kappa shape index (κ1) is 16.7. The topological polar surface area (TPSA) is 38.8 Å². The lowest BCUT2D eigenvalue weighted by Gasteiger charge is -2.17. The molecule has 0 spiro atoms. The molecule has 1 aliphatic rings. The Morgan fingerprint density at radius 3 is 2.50 bits per heavy atom. The van der Waals surface area contributed by atoms with Crippen molar-refractivity contribution in [2.24, 2.45) is 0 Å². The van der Waals surface area contributed by atoms with Gasteiger partial charge in [0, 0.05) is 31.4 Å². The number of amides is 1. The van der Waals surface area contributed by atoms with Gasteiger partial charge in [0.25, 0.3) is 5.91 Å². The molecule has 0 bridgehead atoms. The first-order valence-electron chi connectivity index (χ1n) is 8.15. The number of rotatable bonds is 6. The van der Waals surface area contributed by atoms with Crippen LogP contribution in [0.3, 0.4) is 0 Å². The highest BCUT2D eigenvalue weighted by molar-refractivity contribution is 6.10. The minimum atomic E-state index is 0.0562. The van der Waals surface area contributed by atoms with Crippen molar-refractivity contribution in [3.8, 4) is 0 Å². The molecule has 3 rings (SSSR count). The van der Waals surface area contributed by atoms with Crippen LogP contribution < -0.4 is 4.90 Å². The summed E-state index contributed by atoms with van der Waals surface area (Å²) in [5.74, 6) is 0.396. The minimum Gasteiger partial charge on any atom is -0.384 e. The van der Waals surface area contributed by atoms with Gasteiger partial charge < -0.3 is 14.4 Å². The van der Waals surface area contributed by atoms with E-state index in [-0.39, 0.29) is 5.91 Å². The third-order valence-corrected chi connectivity index (χ3v) is 4.48. The normalized spacial score (nSPS) is 14.8. The summed E-state index contributed by atoms with van der Waals surface area (Å²) in [6, 6.07) is 14.2. The van der Waals surface area contributed by atoms with Crippen LogP contribution in [0, 0.1) is 0 Å². The van der Waals surface area contributed by atoms with Crippen LogP contribution >= 0.6 is 0 Å². The maximum Gasteiger partial charge on any atom is 0.258 e. The third kappa shape index (κ3) is 3.21. The molecule has 24 heavy (non-hydrogen) atoms. The van der Waals surface area contributed by atoms with Crippen LogP contribution in [0.15, 0.2) is 42.5 Å². The van der Waals surface area contributed by atoms with Crippen molar-refractivity contribution in [3.05, 3.63) is 64.7 Å². The van der Waals surface area contributed by atoms with Gasteiger partial charge in [-0.05, 0) is 34.9 Å². The van der Waals surface area contributed by atoms with Crippen molar-refractivity contribution in [2.75, 3.05) is 25.7 Å². The first-order chi connectivity index (χ1) is 11.6. The van der Waals surface area contributed by atoms with Crippen molar-refractivity contribution < 1.29 is 14.3 Å². The molecule has 0 N–H and O–H groups in total. The maximum absolute atomic E-state index is 12.7. The highest BCUT2D eigenvalue weighted by Crippen LogP contribution is 2.30. The molecule has 1 aliphatic heterocycles. The van der Waals surface area contributed by atoms with Crippen LogP contribution in [0.4, 0.5) is 5.69 Å². The van der Waals surface area contributed by atoms with Gasteiger partial charge in [0.1, 0.15) is 0 Å². The number of hydrogen-bond acceptors (Lipinski definition) is 3. The molecule has 1 heterocycles. The van der Waals surface area contributed by atoms with Crippen molar-refractivity contribution in [3.63, 3.8) is 0 Å². The summed E-state index contributed by atoms with van der Waals surface area (Å²) in [6.07, 6.45) is 0. The van der Waals surface area contributed by atoms with Crippen LogP contribution in [0.25, 0.3) is 0 Å². The molecule has 0 aromatic heterocycles. The van der Waals surface area contributed by atoms with Gasteiger partial charge in [0.2, 0.25) is 0 Å². The monoisotopic (exact) mass is 325 g/mol. The summed E-state index contributed by atoms with van der Waals surface area (Å²) in [7, 11) is 3.37. The second kappa shape index (κ2) is 7.16. The summed E-state index contributed by atoms with van der Waals surface area (Å²) in [5, 5.41) is 0. The molecule has 1 atom stereocenters. The van der Waals surface area contributed by atoms with E-state index in [2.05, 4.69) is 19.1 Å². The number of anilines is 1. The zero-order chi connectivity index (χ0) is 17.1. The number of ether oxygens (including phenoxy) is 2. The fraction of sp³-hybridized carbons (Fsp3) is 0.350. The van der Waals surface area contributed by atoms with Crippen LogP contribution in [0.5, 0.6) is 0 Å². The summed E-state index contributed by atoms with van der Waals surface area (Å²) in [4.78, 5) is 14.6. The Hall–Kier alpha value is -2.17. The lowest BCUT2D eigenvalue weighted by molar-refractivity contribution is 0.0996. The Kier molecular flexibility index (Phi) is 4.97. The van der Waals surface area contributed by atoms with Gasteiger partial charge in [-0.15, -0.1) is 0 Å². The van der Waals surface area contributed by atoms with E-state index in [0.29, 0.717) is 25.7 Å². The minimum absolute atomic E-state index is 0.0562. The Morgan fingerprint density at radius 2 is 1.83 bits per heavy atom. The van der Waals surface area contributed by atoms with E-state index >= 15 is 0 Å². The van der Waals surface area contributed by atoms with Gasteiger partial charge in [-0.2, -0.15) is 0 Å². The molecule has 0 saturated heterocycles. The van der Waals surface area contributed by atoms with E-state index in [4.69, 9.17) is 9.47 Å². The number of benzene rings is 2. The molecule has 0 fully saturated rings. The summed E-state index contributed by atoms with van der Waals surface area (Å²) in [5.41, 5.74) is 5.01. The number of nitrogens with zero attached hydrogens (tertiary/aromatic N) is 1. The molecule has 2 aromatic carbocycles. The molecule has 126 valence electrons. The van der Waals surface area contributed by atoms with E-state index in [1.165, 1.54) is 5.56 Å². The second-order valence-electron chi connectivity index (χ2n) is 6.26. The van der Waals surface area contributed by atoms with Gasteiger partial charge in [-0.1, -0.05) is 31.2 Å². The Balaban J connectivity index is 1.80. The SMILES string of the molecule is COCc1ccc2c(c1)C(=O)N(c1ccc(C(C)COC)cc1)C2. The number of fused-ring (bicyclic) bond motifs is 1. The van der Waals surface area contributed by atoms with Gasteiger partial charge in [0.15, 0.2) is 0 Å². The first-order valence-corrected chi connectivity index (χ1v) is 8.15. The highest BCUT2D eigenvalue weighted by Gasteiger charge is 2.28. The van der Waals surface area contributed by atoms with Gasteiger partial charge >= 0.3 is 0 Å². The Morgan fingerprint density at radius 1 is 1.08 bits per heavy atom. The number of carbonyl (C=O) groups excluding carboxylic acids is 1. The molecule has 2 aromatic rings. The summed E-state index contributed by atoms with van der Waals surface area (Å²) >= 11 is 0. The second-order valence-corrected chi connectivity index (χ2v) is 6.26. The van der Waals surface area contributed by atoms with E-state index in [1.54, 1.807) is 14.2 Å². The average Bonchev–Trinajstić information content (AvgIpc) is 2.92. The van der Waals surface area contributed by atoms with Crippen molar-refractivity contribution in [2.45, 2.75) is 26.0 Å². The fourth-order valence-electron chi connectivity index (χ4n) is 3.14. The van der Waals surface area contributed by atoms with Crippen molar-refractivity contribution in [1.29, 1.82) is 0 Å². The van der Waals surface area contributed by atoms with E-state index in [1.807, 2.05) is 35.2 Å². The van der Waals surface area contributed by atoms with E-state index < -0.39 is 0 Å². The molecule has 1 unspecified atom stereocenters. The maximum atomic E-state index is 12.7. The predicted molar refractivity (Wildman–Crippen MR) is 94.4 cm³/mol. The molecule has 0 aliphatic carbocycles. The Labute approximate surface area is 143 Å². The highest BCUT2D eigenvalue weighted by atomic mass is 16.5. The standard InChI is InChI=1S/C20H23NO3/c1-14(12-23-2)16-6-8-18(9-7-16)21-11-17-5-4-15(13-24-3)10-19(17)20(21)22/h4-10,14H,11-13H2,1-3H3. The van der Waals surface area contributed by atoms with Crippen LogP contribution in [-0.2, 0) is 22.6 Å². The van der Waals surface area contributed by atoms with Crippen LogP contribution in [0.2, 0.25) is 0 Å². The van der Waals surface area contributed by atoms with Crippen molar-refractivity contribution in [1.82, 2.24) is 0 Å². The summed E-state index contributed by atoms with van der Waals surface area (Å²) in [6.45, 7) is 3.96. The van der Waals surface area contributed by atoms with Crippen LogP contribution in [-0.4, -0.2) is 26.7 Å². The van der Waals surface area contributed by atoms with E-state index in [0.717, 1.165) is 22.4 Å². The predicted octanol–water partition coefficient (Wildman–Crippen LogP) is 3.74. The smallest absolute Gasteiger partial charge is 0.258 e. The Bertz CT molecular complexity index is 724. The average molecular weight is 325 g/mol. The molecular weight excluding hydrogens is 302 g/mol. The molecular formula is C20H23NO3. The number of carbonyl (C=O) groups is 1. The lowest BCUT2D eigenvalue weighted by atomic mass is 10.0. The molecule has 4 heteroatoms. The fourth-order valence-corrected chi connectivity index (χ4v) is 3.14. The summed E-state index contributed by atoms with van der Waals surface area (Å²) < 4.78 is 10.4. The van der Waals surface area contributed by atoms with Crippen LogP contribution in [0.1, 0.15) is 39.9 Å². The largest absolute Gasteiger partial charge is 0.384 e. The molecule has 0 saturated carbocycles. The molecule has 4 nitrogen and oxygen atoms in total. The van der Waals surface area contributed by atoms with Crippen molar-refractivity contribution >= 4 is 11.6 Å². The van der Waals surface area contributed by atoms with Gasteiger partial charge in [-0.3, -0.25) is 4.79 Å². The molecule has 0 radical (unpaired) electrons. The number of hydrogen-bond donors (Lipinski definition) is 0. The van der Waals surface area contributed by atoms with Gasteiger partial charge in [-0.25, -0.2) is 0 Å². The molecule has 1 amide bonds. The number of methoxy groups -OCH3 is 2. The third-order valence-electron chi connectivity index (χ3n) is 4.48. The zero-order valence-electron chi connectivity index (χ0n) is 14.4. The van der Waals surface area contributed by atoms with E-state index in [9.17, 15) is 4.79 Å². The quantitative estimate of drug-likeness (QED) is 0.812. The van der Waals surface area contributed by atoms with Gasteiger partial charge in [0.05, 0.1) is 19.8 Å². The zero-order valence-corrected chi connectivity index (χ0v) is 14.4.